The molecule has 3 nitrogen and oxygen atoms in total. The maximum absolute atomic E-state index is 12.2. The zero-order valence-electron chi connectivity index (χ0n) is 11.8. The van der Waals surface area contributed by atoms with Gasteiger partial charge in [0.2, 0.25) is 5.91 Å². The Balaban J connectivity index is 1.93. The van der Waals surface area contributed by atoms with Gasteiger partial charge in [-0.1, -0.05) is 6.92 Å². The quantitative estimate of drug-likeness (QED) is 0.737. The molecule has 0 saturated carbocycles. The molecule has 3 rings (SSSR count). The number of rotatable bonds is 3. The number of carbonyl (C=O) groups is 1. The molecule has 1 unspecified atom stereocenters. The Morgan fingerprint density at radius 1 is 1.43 bits per heavy atom. The summed E-state index contributed by atoms with van der Waals surface area (Å²) < 4.78 is 1.09. The normalized spacial score (nSPS) is 18.1. The largest absolute Gasteiger partial charge is 0.273 e. The van der Waals surface area contributed by atoms with E-state index >= 15 is 0 Å². The minimum absolute atomic E-state index is 0.0254. The maximum atomic E-state index is 12.2. The summed E-state index contributed by atoms with van der Waals surface area (Å²) in [6, 6.07) is 4.25. The van der Waals surface area contributed by atoms with Crippen molar-refractivity contribution in [3.8, 4) is 0 Å². The minimum atomic E-state index is 0.0254. The summed E-state index contributed by atoms with van der Waals surface area (Å²) in [4.78, 5) is 13.4. The number of hydrogen-bond acceptors (Lipinski definition) is 4. The van der Waals surface area contributed by atoms with Crippen molar-refractivity contribution in [3.05, 3.63) is 42.7 Å². The monoisotopic (exact) mass is 382 g/mol. The van der Waals surface area contributed by atoms with Crippen molar-refractivity contribution in [1.82, 2.24) is 5.01 Å². The molecule has 0 spiro atoms. The second-order valence-corrected chi connectivity index (χ2v) is 8.23. The van der Waals surface area contributed by atoms with Gasteiger partial charge in [-0.25, -0.2) is 5.01 Å². The van der Waals surface area contributed by atoms with Crippen LogP contribution in [0, 0.1) is 6.92 Å². The van der Waals surface area contributed by atoms with E-state index in [1.54, 1.807) is 27.7 Å². The van der Waals surface area contributed by atoms with Gasteiger partial charge in [0.1, 0.15) is 0 Å². The topological polar surface area (TPSA) is 32.7 Å². The molecule has 0 aliphatic carbocycles. The first-order valence-electron chi connectivity index (χ1n) is 6.77. The van der Waals surface area contributed by atoms with Gasteiger partial charge in [0, 0.05) is 12.8 Å². The van der Waals surface area contributed by atoms with Crippen LogP contribution >= 0.6 is 38.6 Å². The van der Waals surface area contributed by atoms with E-state index in [-0.39, 0.29) is 11.9 Å². The molecule has 2 aromatic heterocycles. The molecular formula is C15H15BrN2OS2. The van der Waals surface area contributed by atoms with Gasteiger partial charge in [-0.05, 0) is 56.9 Å². The lowest BCUT2D eigenvalue weighted by molar-refractivity contribution is -0.132. The molecule has 6 heteroatoms. The highest BCUT2D eigenvalue weighted by molar-refractivity contribution is 9.11. The molecule has 0 bridgehead atoms. The van der Waals surface area contributed by atoms with E-state index in [4.69, 9.17) is 0 Å². The molecule has 0 aromatic carbocycles. The Labute approximate surface area is 140 Å². The van der Waals surface area contributed by atoms with Crippen molar-refractivity contribution < 1.29 is 4.79 Å². The molecule has 0 saturated heterocycles. The third kappa shape index (κ3) is 2.98. The molecule has 0 N–H and O–H groups in total. The van der Waals surface area contributed by atoms with Gasteiger partial charge in [0.05, 0.1) is 20.4 Å². The van der Waals surface area contributed by atoms with Crippen molar-refractivity contribution in [2.75, 3.05) is 0 Å². The Bertz CT molecular complexity index is 704. The summed E-state index contributed by atoms with van der Waals surface area (Å²) in [6.07, 6.45) is 1.26. The third-order valence-electron chi connectivity index (χ3n) is 3.46. The van der Waals surface area contributed by atoms with Crippen molar-refractivity contribution >= 4 is 50.2 Å². The summed E-state index contributed by atoms with van der Waals surface area (Å²) in [5.74, 6) is 0.0746. The number of nitrogens with zero attached hydrogens (tertiary/aromatic N) is 2. The fourth-order valence-corrected chi connectivity index (χ4v) is 4.51. The zero-order valence-corrected chi connectivity index (χ0v) is 15.0. The highest BCUT2D eigenvalue weighted by Crippen LogP contribution is 2.37. The molecule has 3 heterocycles. The van der Waals surface area contributed by atoms with Gasteiger partial charge >= 0.3 is 0 Å². The van der Waals surface area contributed by atoms with Crippen LogP contribution in [0.15, 0.2) is 31.8 Å². The van der Waals surface area contributed by atoms with Crippen molar-refractivity contribution in [3.63, 3.8) is 0 Å². The van der Waals surface area contributed by atoms with E-state index in [9.17, 15) is 4.79 Å². The van der Waals surface area contributed by atoms with Gasteiger partial charge in [-0.15, -0.1) is 22.7 Å². The third-order valence-corrected chi connectivity index (χ3v) is 6.08. The number of thiophene rings is 2. The first kappa shape index (κ1) is 14.9. The van der Waals surface area contributed by atoms with Crippen LogP contribution in [0.25, 0.3) is 0 Å². The van der Waals surface area contributed by atoms with E-state index < -0.39 is 0 Å². The molecule has 2 aromatic rings. The summed E-state index contributed by atoms with van der Waals surface area (Å²) in [6.45, 7) is 3.96. The predicted molar refractivity (Wildman–Crippen MR) is 92.1 cm³/mol. The van der Waals surface area contributed by atoms with E-state index in [0.717, 1.165) is 26.4 Å². The first-order valence-corrected chi connectivity index (χ1v) is 9.32. The Hall–Kier alpha value is -0.980. The average Bonchev–Trinajstić information content (AvgIpc) is 3.16. The maximum Gasteiger partial charge on any atom is 0.242 e. The summed E-state index contributed by atoms with van der Waals surface area (Å²) in [5.41, 5.74) is 3.41. The number of hydrazone groups is 1. The van der Waals surface area contributed by atoms with Gasteiger partial charge in [-0.2, -0.15) is 5.10 Å². The number of halogens is 1. The molecule has 1 amide bonds. The molecule has 110 valence electrons. The van der Waals surface area contributed by atoms with Crippen molar-refractivity contribution in [2.24, 2.45) is 5.10 Å². The van der Waals surface area contributed by atoms with E-state index in [1.807, 2.05) is 6.92 Å². The lowest BCUT2D eigenvalue weighted by Gasteiger charge is -2.20. The van der Waals surface area contributed by atoms with Crippen LogP contribution in [0.5, 0.6) is 0 Å². The second-order valence-electron chi connectivity index (χ2n) is 5.03. The molecular weight excluding hydrogens is 368 g/mol. The van der Waals surface area contributed by atoms with Crippen LogP contribution in [0.3, 0.4) is 0 Å². The second kappa shape index (κ2) is 6.02. The molecule has 21 heavy (non-hydrogen) atoms. The Kier molecular flexibility index (Phi) is 4.28. The van der Waals surface area contributed by atoms with Crippen LogP contribution in [-0.4, -0.2) is 16.6 Å². The SMILES string of the molecule is CCC(=O)N1N=C(c2cc(C)cs2)CC1c1csc(Br)c1. The van der Waals surface area contributed by atoms with Crippen LogP contribution < -0.4 is 0 Å². The summed E-state index contributed by atoms with van der Waals surface area (Å²) >= 11 is 6.84. The molecule has 1 atom stereocenters. The standard InChI is InChI=1S/C15H15BrN2OS2/c1-3-15(19)18-12(10-5-14(16)21-8-10)6-11(17-18)13-4-9(2)7-20-13/h4-5,7-8,12H,3,6H2,1-2H3. The van der Waals surface area contributed by atoms with Crippen LogP contribution in [0.4, 0.5) is 0 Å². The highest BCUT2D eigenvalue weighted by Gasteiger charge is 2.33. The first-order chi connectivity index (χ1) is 10.1. The molecule has 0 fully saturated rings. The zero-order chi connectivity index (χ0) is 15.0. The van der Waals surface area contributed by atoms with Gasteiger partial charge in [0.15, 0.2) is 0 Å². The van der Waals surface area contributed by atoms with E-state index in [1.165, 1.54) is 5.56 Å². The predicted octanol–water partition coefficient (Wildman–Crippen LogP) is 4.97. The number of hydrogen-bond donors (Lipinski definition) is 0. The minimum Gasteiger partial charge on any atom is -0.273 e. The Morgan fingerprint density at radius 2 is 2.24 bits per heavy atom. The molecule has 1 aliphatic heterocycles. The van der Waals surface area contributed by atoms with E-state index in [2.05, 4.69) is 50.8 Å². The van der Waals surface area contributed by atoms with E-state index in [0.29, 0.717) is 6.42 Å². The number of aryl methyl sites for hydroxylation is 1. The summed E-state index contributed by atoms with van der Waals surface area (Å²) in [5, 5.41) is 10.5. The van der Waals surface area contributed by atoms with Crippen molar-refractivity contribution in [1.29, 1.82) is 0 Å². The summed E-state index contributed by atoms with van der Waals surface area (Å²) in [7, 11) is 0. The number of carbonyl (C=O) groups excluding carboxylic acids is 1. The molecule has 1 aliphatic rings. The molecule has 0 radical (unpaired) electrons. The fraction of sp³-hybridized carbons (Fsp3) is 0.333. The highest BCUT2D eigenvalue weighted by atomic mass is 79.9. The Morgan fingerprint density at radius 3 is 2.81 bits per heavy atom. The van der Waals surface area contributed by atoms with Crippen molar-refractivity contribution in [2.45, 2.75) is 32.7 Å². The van der Waals surface area contributed by atoms with Crippen LogP contribution in [0.1, 0.15) is 41.8 Å². The van der Waals surface area contributed by atoms with Crippen LogP contribution in [-0.2, 0) is 4.79 Å². The lowest BCUT2D eigenvalue weighted by Crippen LogP contribution is -2.25. The number of amides is 1. The lowest BCUT2D eigenvalue weighted by atomic mass is 10.0. The van der Waals surface area contributed by atoms with Gasteiger partial charge < -0.3 is 0 Å². The van der Waals surface area contributed by atoms with Crippen LogP contribution in [0.2, 0.25) is 0 Å². The fourth-order valence-electron chi connectivity index (χ4n) is 2.39. The average molecular weight is 383 g/mol. The smallest absolute Gasteiger partial charge is 0.242 e. The van der Waals surface area contributed by atoms with Gasteiger partial charge in [-0.3, -0.25) is 4.79 Å². The van der Waals surface area contributed by atoms with Gasteiger partial charge in [0.25, 0.3) is 0 Å².